The predicted octanol–water partition coefficient (Wildman–Crippen LogP) is 2.38. The molecular weight excluding hydrogens is 256 g/mol. The molecule has 2 N–H and O–H groups in total. The van der Waals surface area contributed by atoms with Crippen molar-refractivity contribution >= 4 is 5.69 Å². The Labute approximate surface area is 118 Å². The second-order valence-electron chi connectivity index (χ2n) is 4.21. The number of rotatable bonds is 5. The molecule has 20 heavy (non-hydrogen) atoms. The molecule has 0 radical (unpaired) electrons. The first-order chi connectivity index (χ1) is 9.67. The Balaban J connectivity index is 2.30. The quantitative estimate of drug-likeness (QED) is 0.843. The zero-order valence-electron chi connectivity index (χ0n) is 11.9. The maximum Gasteiger partial charge on any atom is 0.341 e. The Hall–Kier alpha value is -2.37. The normalized spacial score (nSPS) is 10.3. The fourth-order valence-corrected chi connectivity index (χ4v) is 1.83. The van der Waals surface area contributed by atoms with Crippen LogP contribution in [-0.4, -0.2) is 22.3 Å². The topological polar surface area (TPSA) is 83.2 Å². The number of aryl methyl sites for hydroxylation is 2. The van der Waals surface area contributed by atoms with E-state index in [1.807, 2.05) is 13.8 Å². The minimum Gasteiger partial charge on any atom is -0.493 e. The fraction of sp³-hybridized carbons (Fsp3) is 0.357. The number of nitrogens with two attached hydrogens (primary N) is 1. The second-order valence-corrected chi connectivity index (χ2v) is 4.21. The number of hydrogen-bond donors (Lipinski definition) is 1. The molecule has 0 unspecified atom stereocenters. The molecule has 0 spiro atoms. The first-order valence-corrected chi connectivity index (χ1v) is 6.51. The van der Waals surface area contributed by atoms with Gasteiger partial charge in [0.15, 0.2) is 11.5 Å². The Bertz CT molecular complexity index is 602. The summed E-state index contributed by atoms with van der Waals surface area (Å²) >= 11 is 0. The molecule has 2 rings (SSSR count). The van der Waals surface area contributed by atoms with Gasteiger partial charge in [-0.05, 0) is 25.0 Å². The number of aromatic nitrogens is 3. The molecule has 1 aromatic heterocycles. The summed E-state index contributed by atoms with van der Waals surface area (Å²) in [7, 11) is 1.55. The molecular formula is C14H18N4O2. The Morgan fingerprint density at radius 2 is 1.80 bits per heavy atom. The predicted molar refractivity (Wildman–Crippen MR) is 76.1 cm³/mol. The zero-order chi connectivity index (χ0) is 14.5. The maximum absolute atomic E-state index is 5.70. The molecule has 6 heteroatoms. The van der Waals surface area contributed by atoms with Gasteiger partial charge in [-0.1, -0.05) is 18.9 Å². The van der Waals surface area contributed by atoms with Crippen molar-refractivity contribution in [1.82, 2.24) is 15.2 Å². The van der Waals surface area contributed by atoms with Gasteiger partial charge in [-0.25, -0.2) is 0 Å². The van der Waals surface area contributed by atoms with Crippen molar-refractivity contribution in [3.63, 3.8) is 0 Å². The van der Waals surface area contributed by atoms with Crippen molar-refractivity contribution in [3.05, 3.63) is 29.6 Å². The van der Waals surface area contributed by atoms with Gasteiger partial charge < -0.3 is 15.2 Å². The van der Waals surface area contributed by atoms with Crippen LogP contribution in [0.5, 0.6) is 17.5 Å². The highest BCUT2D eigenvalue weighted by atomic mass is 16.5. The molecule has 0 saturated carbocycles. The minimum atomic E-state index is 0.210. The minimum absolute atomic E-state index is 0.210. The van der Waals surface area contributed by atoms with Gasteiger partial charge >= 0.3 is 6.01 Å². The van der Waals surface area contributed by atoms with E-state index in [9.17, 15) is 0 Å². The van der Waals surface area contributed by atoms with Crippen LogP contribution in [0.1, 0.15) is 25.2 Å². The molecule has 2 aromatic rings. The number of anilines is 1. The van der Waals surface area contributed by atoms with Crippen molar-refractivity contribution in [2.75, 3.05) is 12.8 Å². The summed E-state index contributed by atoms with van der Waals surface area (Å²) in [5.41, 5.74) is 8.09. The molecule has 0 atom stereocenters. The highest BCUT2D eigenvalue weighted by Crippen LogP contribution is 2.31. The van der Waals surface area contributed by atoms with E-state index in [-0.39, 0.29) is 6.01 Å². The van der Waals surface area contributed by atoms with Crippen LogP contribution >= 0.6 is 0 Å². The molecule has 0 aliphatic carbocycles. The Morgan fingerprint density at radius 1 is 1.05 bits per heavy atom. The molecule has 0 amide bonds. The molecule has 0 saturated heterocycles. The summed E-state index contributed by atoms with van der Waals surface area (Å²) in [5, 5.41) is 8.12. The second kappa shape index (κ2) is 6.18. The summed E-state index contributed by atoms with van der Waals surface area (Å²) in [6.45, 7) is 4.05. The monoisotopic (exact) mass is 274 g/mol. The van der Waals surface area contributed by atoms with E-state index in [1.165, 1.54) is 0 Å². The number of benzene rings is 1. The van der Waals surface area contributed by atoms with Gasteiger partial charge in [-0.3, -0.25) is 0 Å². The molecule has 1 heterocycles. The summed E-state index contributed by atoms with van der Waals surface area (Å²) in [6, 6.07) is 5.34. The average Bonchev–Trinajstić information content (AvgIpc) is 2.48. The third kappa shape index (κ3) is 2.96. The van der Waals surface area contributed by atoms with Crippen LogP contribution < -0.4 is 15.2 Å². The Kier molecular flexibility index (Phi) is 4.34. The van der Waals surface area contributed by atoms with Crippen LogP contribution in [-0.2, 0) is 12.8 Å². The molecule has 6 nitrogen and oxygen atoms in total. The van der Waals surface area contributed by atoms with Crippen LogP contribution in [0, 0.1) is 0 Å². The number of nitrogens with zero attached hydrogens (tertiary/aromatic N) is 3. The van der Waals surface area contributed by atoms with Crippen LogP contribution in [0.3, 0.4) is 0 Å². The van der Waals surface area contributed by atoms with Gasteiger partial charge in [0.1, 0.15) is 0 Å². The van der Waals surface area contributed by atoms with Gasteiger partial charge in [-0.15, -0.1) is 5.10 Å². The average molecular weight is 274 g/mol. The lowest BCUT2D eigenvalue weighted by Crippen LogP contribution is -2.04. The van der Waals surface area contributed by atoms with Crippen LogP contribution in [0.2, 0.25) is 0 Å². The summed E-state index contributed by atoms with van der Waals surface area (Å²) in [4.78, 5) is 4.37. The first kappa shape index (κ1) is 14.0. The van der Waals surface area contributed by atoms with E-state index >= 15 is 0 Å². The summed E-state index contributed by atoms with van der Waals surface area (Å²) in [5.74, 6) is 1.04. The molecule has 106 valence electrons. The number of methoxy groups -OCH3 is 1. The van der Waals surface area contributed by atoms with Crippen LogP contribution in [0.4, 0.5) is 5.69 Å². The summed E-state index contributed by atoms with van der Waals surface area (Å²) in [6.07, 6.45) is 1.59. The van der Waals surface area contributed by atoms with Crippen LogP contribution in [0.25, 0.3) is 0 Å². The number of ether oxygens (including phenoxy) is 2. The lowest BCUT2D eigenvalue weighted by Gasteiger charge is -2.10. The van der Waals surface area contributed by atoms with Gasteiger partial charge in [0.2, 0.25) is 0 Å². The van der Waals surface area contributed by atoms with Crippen molar-refractivity contribution in [1.29, 1.82) is 0 Å². The molecule has 0 fully saturated rings. The van der Waals surface area contributed by atoms with Crippen molar-refractivity contribution in [2.24, 2.45) is 0 Å². The highest BCUT2D eigenvalue weighted by Gasteiger charge is 2.11. The highest BCUT2D eigenvalue weighted by molar-refractivity contribution is 5.52. The number of hydrogen-bond acceptors (Lipinski definition) is 6. The van der Waals surface area contributed by atoms with Gasteiger partial charge in [0, 0.05) is 11.8 Å². The van der Waals surface area contributed by atoms with E-state index in [2.05, 4.69) is 15.2 Å². The SMILES string of the molecule is CCc1nnc(Oc2ccc(N)cc2OC)nc1CC. The zero-order valence-corrected chi connectivity index (χ0v) is 11.9. The smallest absolute Gasteiger partial charge is 0.341 e. The van der Waals surface area contributed by atoms with E-state index in [0.29, 0.717) is 17.2 Å². The Morgan fingerprint density at radius 3 is 2.45 bits per heavy atom. The molecule has 1 aromatic carbocycles. The van der Waals surface area contributed by atoms with Crippen LogP contribution in [0.15, 0.2) is 18.2 Å². The van der Waals surface area contributed by atoms with Crippen molar-refractivity contribution < 1.29 is 9.47 Å². The van der Waals surface area contributed by atoms with Gasteiger partial charge in [0.25, 0.3) is 0 Å². The first-order valence-electron chi connectivity index (χ1n) is 6.51. The summed E-state index contributed by atoms with van der Waals surface area (Å²) < 4.78 is 10.9. The van der Waals surface area contributed by atoms with Gasteiger partial charge in [-0.2, -0.15) is 4.98 Å². The van der Waals surface area contributed by atoms with E-state index in [4.69, 9.17) is 15.2 Å². The van der Waals surface area contributed by atoms with Gasteiger partial charge in [0.05, 0.1) is 18.5 Å². The van der Waals surface area contributed by atoms with E-state index < -0.39 is 0 Å². The maximum atomic E-state index is 5.70. The third-order valence-electron chi connectivity index (χ3n) is 2.88. The molecule has 0 aliphatic heterocycles. The van der Waals surface area contributed by atoms with E-state index in [0.717, 1.165) is 24.2 Å². The van der Waals surface area contributed by atoms with Crippen molar-refractivity contribution in [2.45, 2.75) is 26.7 Å². The van der Waals surface area contributed by atoms with E-state index in [1.54, 1.807) is 25.3 Å². The lowest BCUT2D eigenvalue weighted by atomic mass is 10.2. The third-order valence-corrected chi connectivity index (χ3v) is 2.88. The molecule has 0 aliphatic rings. The largest absolute Gasteiger partial charge is 0.493 e. The lowest BCUT2D eigenvalue weighted by molar-refractivity contribution is 0.364. The number of nitrogen functional groups attached to an aromatic ring is 1. The molecule has 0 bridgehead atoms. The van der Waals surface area contributed by atoms with Crippen molar-refractivity contribution in [3.8, 4) is 17.5 Å². The fourth-order valence-electron chi connectivity index (χ4n) is 1.83. The standard InChI is InChI=1S/C14H18N4O2/c1-4-10-11(5-2)17-18-14(16-10)20-12-7-6-9(15)8-13(12)19-3/h6-8H,4-5,15H2,1-3H3.